The van der Waals surface area contributed by atoms with Crippen LogP contribution in [-0.4, -0.2) is 47.1 Å². The van der Waals surface area contributed by atoms with Gasteiger partial charge in [0.05, 0.1) is 6.61 Å². The van der Waals surface area contributed by atoms with Crippen molar-refractivity contribution < 1.29 is 19.0 Å². The number of rotatable bonds is 5. The van der Waals surface area contributed by atoms with Crippen molar-refractivity contribution in [3.63, 3.8) is 0 Å². The first-order valence-corrected chi connectivity index (χ1v) is 8.06. The molecule has 1 aromatic carbocycles. The van der Waals surface area contributed by atoms with E-state index in [1.54, 1.807) is 7.05 Å². The lowest BCUT2D eigenvalue weighted by Gasteiger charge is -2.18. The van der Waals surface area contributed by atoms with Gasteiger partial charge in [-0.3, -0.25) is 4.57 Å². The number of nitrogens with zero attached hydrogens (tertiary/aromatic N) is 3. The Morgan fingerprint density at radius 2 is 2.15 bits per heavy atom. The number of hydrogen-bond acceptors (Lipinski definition) is 7. The van der Waals surface area contributed by atoms with Crippen LogP contribution >= 0.6 is 0 Å². The van der Waals surface area contributed by atoms with Gasteiger partial charge in [0, 0.05) is 19.8 Å². The topological polar surface area (TPSA) is 109 Å². The van der Waals surface area contributed by atoms with Gasteiger partial charge in [-0.05, 0) is 11.6 Å². The molecule has 0 bridgehead atoms. The Morgan fingerprint density at radius 3 is 2.88 bits per heavy atom. The predicted octanol–water partition coefficient (Wildman–Crippen LogP) is 0.966. The molecular formula is C17H20N4O5. The quantitative estimate of drug-likeness (QED) is 0.846. The average molecular weight is 360 g/mol. The number of aromatic nitrogens is 2. The smallest absolute Gasteiger partial charge is 0.409 e. The molecule has 1 aliphatic rings. The van der Waals surface area contributed by atoms with E-state index in [9.17, 15) is 9.59 Å². The second-order valence-electron chi connectivity index (χ2n) is 5.81. The van der Waals surface area contributed by atoms with Crippen LogP contribution < -0.4 is 11.4 Å². The SMILES string of the molecule is CN(Cc1ccccc1)C(=O)OC[C@H]1OC[C@@H](n2ccc(N)nc2=O)O1. The third-order valence-corrected chi connectivity index (χ3v) is 3.81. The monoisotopic (exact) mass is 360 g/mol. The van der Waals surface area contributed by atoms with Crippen molar-refractivity contribution >= 4 is 11.9 Å². The summed E-state index contributed by atoms with van der Waals surface area (Å²) in [6.07, 6.45) is -0.392. The van der Waals surface area contributed by atoms with Crippen molar-refractivity contribution in [2.75, 3.05) is 26.0 Å². The van der Waals surface area contributed by atoms with Gasteiger partial charge in [-0.25, -0.2) is 9.59 Å². The van der Waals surface area contributed by atoms with Gasteiger partial charge in [0.15, 0.2) is 12.5 Å². The van der Waals surface area contributed by atoms with E-state index < -0.39 is 24.3 Å². The van der Waals surface area contributed by atoms with Gasteiger partial charge in [-0.1, -0.05) is 30.3 Å². The number of nitrogens with two attached hydrogens (primary N) is 1. The minimum absolute atomic E-state index is 0.0778. The summed E-state index contributed by atoms with van der Waals surface area (Å²) in [5.74, 6) is 0.136. The predicted molar refractivity (Wildman–Crippen MR) is 92.0 cm³/mol. The van der Waals surface area contributed by atoms with Crippen LogP contribution in [0, 0.1) is 0 Å². The molecule has 1 amide bonds. The molecule has 9 heteroatoms. The van der Waals surface area contributed by atoms with E-state index in [2.05, 4.69) is 4.98 Å². The molecule has 2 heterocycles. The van der Waals surface area contributed by atoms with Crippen LogP contribution in [0.3, 0.4) is 0 Å². The zero-order valence-corrected chi connectivity index (χ0v) is 14.3. The van der Waals surface area contributed by atoms with Crippen LogP contribution in [0.15, 0.2) is 47.4 Å². The largest absolute Gasteiger partial charge is 0.444 e. The number of ether oxygens (including phenoxy) is 3. The van der Waals surface area contributed by atoms with E-state index in [0.717, 1.165) is 5.56 Å². The van der Waals surface area contributed by atoms with Crippen molar-refractivity contribution in [3.8, 4) is 0 Å². The molecule has 0 unspecified atom stereocenters. The highest BCUT2D eigenvalue weighted by Gasteiger charge is 2.29. The van der Waals surface area contributed by atoms with E-state index in [1.807, 2.05) is 30.3 Å². The zero-order chi connectivity index (χ0) is 18.5. The van der Waals surface area contributed by atoms with Crippen LogP contribution in [0.25, 0.3) is 0 Å². The maximum atomic E-state index is 12.1. The lowest BCUT2D eigenvalue weighted by atomic mass is 10.2. The van der Waals surface area contributed by atoms with Crippen LogP contribution in [0.1, 0.15) is 11.8 Å². The Morgan fingerprint density at radius 1 is 1.38 bits per heavy atom. The lowest BCUT2D eigenvalue weighted by molar-refractivity contribution is -0.103. The highest BCUT2D eigenvalue weighted by atomic mass is 16.7. The van der Waals surface area contributed by atoms with Crippen molar-refractivity contribution in [3.05, 3.63) is 58.6 Å². The summed E-state index contributed by atoms with van der Waals surface area (Å²) in [5.41, 5.74) is 5.93. The fraction of sp³-hybridized carbons (Fsp3) is 0.353. The Bertz CT molecular complexity index is 810. The molecule has 3 rings (SSSR count). The minimum atomic E-state index is -0.751. The molecular weight excluding hydrogens is 340 g/mol. The fourth-order valence-electron chi connectivity index (χ4n) is 2.49. The standard InChI is InChI=1S/C17H20N4O5/c1-20(9-12-5-3-2-4-6-12)17(23)25-11-15-24-10-14(26-15)21-8-7-13(18)19-16(21)22/h2-8,14-15H,9-11H2,1H3,(H2,18,19,22)/t14-,15-/m0/s1. The average Bonchev–Trinajstić information content (AvgIpc) is 3.09. The lowest BCUT2D eigenvalue weighted by Crippen LogP contribution is -2.31. The van der Waals surface area contributed by atoms with Gasteiger partial charge in [-0.15, -0.1) is 0 Å². The van der Waals surface area contributed by atoms with Crippen LogP contribution in [0.5, 0.6) is 0 Å². The van der Waals surface area contributed by atoms with Crippen LogP contribution in [-0.2, 0) is 20.8 Å². The van der Waals surface area contributed by atoms with Gasteiger partial charge >= 0.3 is 11.8 Å². The normalized spacial score (nSPS) is 19.3. The maximum Gasteiger partial charge on any atom is 0.409 e. The Labute approximate surface area is 149 Å². The molecule has 1 saturated heterocycles. The first-order chi connectivity index (χ1) is 12.5. The first-order valence-electron chi connectivity index (χ1n) is 8.06. The summed E-state index contributed by atoms with van der Waals surface area (Å²) in [7, 11) is 1.65. The maximum absolute atomic E-state index is 12.1. The first kappa shape index (κ1) is 17.9. The number of anilines is 1. The molecule has 9 nitrogen and oxygen atoms in total. The van der Waals surface area contributed by atoms with Gasteiger partial charge in [0.1, 0.15) is 12.4 Å². The molecule has 1 aromatic heterocycles. The molecule has 0 radical (unpaired) electrons. The second kappa shape index (κ2) is 7.98. The molecule has 1 fully saturated rings. The summed E-state index contributed by atoms with van der Waals surface area (Å²) >= 11 is 0. The molecule has 26 heavy (non-hydrogen) atoms. The summed E-state index contributed by atoms with van der Waals surface area (Å²) in [5, 5.41) is 0. The zero-order valence-electron chi connectivity index (χ0n) is 14.3. The van der Waals surface area contributed by atoms with Gasteiger partial charge in [0.25, 0.3) is 0 Å². The molecule has 0 saturated carbocycles. The Balaban J connectivity index is 1.48. The highest BCUT2D eigenvalue weighted by Crippen LogP contribution is 2.20. The van der Waals surface area contributed by atoms with E-state index >= 15 is 0 Å². The Hall–Kier alpha value is -2.91. The third kappa shape index (κ3) is 4.38. The van der Waals surface area contributed by atoms with Gasteiger partial charge in [-0.2, -0.15) is 4.98 Å². The van der Waals surface area contributed by atoms with E-state index in [1.165, 1.54) is 21.7 Å². The third-order valence-electron chi connectivity index (χ3n) is 3.81. The molecule has 1 aliphatic heterocycles. The van der Waals surface area contributed by atoms with Crippen molar-refractivity contribution in [1.29, 1.82) is 0 Å². The Kier molecular flexibility index (Phi) is 5.49. The molecule has 0 aliphatic carbocycles. The van der Waals surface area contributed by atoms with E-state index in [0.29, 0.717) is 6.54 Å². The number of carbonyl (C=O) groups is 1. The summed E-state index contributed by atoms with van der Waals surface area (Å²) in [6.45, 7) is 0.500. The fourth-order valence-corrected chi connectivity index (χ4v) is 2.49. The molecule has 0 spiro atoms. The summed E-state index contributed by atoms with van der Waals surface area (Å²) < 4.78 is 17.5. The van der Waals surface area contributed by atoms with Crippen LogP contribution in [0.4, 0.5) is 10.6 Å². The summed E-state index contributed by atoms with van der Waals surface area (Å²) in [4.78, 5) is 29.0. The molecule has 2 atom stereocenters. The number of nitrogen functional groups attached to an aromatic ring is 1. The molecule has 138 valence electrons. The molecule has 2 aromatic rings. The van der Waals surface area contributed by atoms with Gasteiger partial charge in [0.2, 0.25) is 0 Å². The molecule has 2 N–H and O–H groups in total. The van der Waals surface area contributed by atoms with Crippen LogP contribution in [0.2, 0.25) is 0 Å². The van der Waals surface area contributed by atoms with Crippen molar-refractivity contribution in [1.82, 2.24) is 14.5 Å². The second-order valence-corrected chi connectivity index (χ2v) is 5.81. The van der Waals surface area contributed by atoms with E-state index in [4.69, 9.17) is 19.9 Å². The van der Waals surface area contributed by atoms with Crippen molar-refractivity contribution in [2.45, 2.75) is 19.1 Å². The van der Waals surface area contributed by atoms with E-state index in [-0.39, 0.29) is 19.0 Å². The highest BCUT2D eigenvalue weighted by molar-refractivity contribution is 5.67. The number of amides is 1. The summed E-state index contributed by atoms with van der Waals surface area (Å²) in [6, 6.07) is 11.1. The number of carbonyl (C=O) groups excluding carboxylic acids is 1. The van der Waals surface area contributed by atoms with Crippen molar-refractivity contribution in [2.24, 2.45) is 0 Å². The minimum Gasteiger partial charge on any atom is -0.444 e. The number of benzene rings is 1. The number of hydrogen-bond donors (Lipinski definition) is 1. The van der Waals surface area contributed by atoms with Gasteiger partial charge < -0.3 is 24.8 Å².